The zero-order chi connectivity index (χ0) is 22.2. The summed E-state index contributed by atoms with van der Waals surface area (Å²) < 4.78 is 53.3. The molecule has 2 aromatic heterocycles. The van der Waals surface area contributed by atoms with Gasteiger partial charge in [0.15, 0.2) is 5.82 Å². The quantitative estimate of drug-likeness (QED) is 0.408. The van der Waals surface area contributed by atoms with E-state index >= 15 is 0 Å². The lowest BCUT2D eigenvalue weighted by molar-refractivity contribution is -0.139. The lowest BCUT2D eigenvalue weighted by Gasteiger charge is -2.12. The molecule has 0 fully saturated rings. The van der Waals surface area contributed by atoms with Gasteiger partial charge in [0.2, 0.25) is 0 Å². The van der Waals surface area contributed by atoms with Crippen LogP contribution in [0.25, 0.3) is 16.6 Å². The highest BCUT2D eigenvalue weighted by atomic mass is 19.4. The molecule has 158 valence electrons. The number of nitrogens with two attached hydrogens (primary N) is 1. The molecule has 0 atom stereocenters. The number of nitrogen functional groups attached to an aromatic ring is 1. The summed E-state index contributed by atoms with van der Waals surface area (Å²) in [5, 5.41) is 12.5. The average molecular weight is 430 g/mol. The number of aromatic nitrogens is 3. The SMILES string of the molecule is Nc1nnn2cccc(-c3ccc(NC(=O)Nc4ccc(F)c(C(F)(F)F)c4)cc3)c12. The second-order valence-corrected chi connectivity index (χ2v) is 6.54. The van der Waals surface area contributed by atoms with Gasteiger partial charge in [-0.05, 0) is 42.0 Å². The molecule has 11 heteroatoms. The van der Waals surface area contributed by atoms with Gasteiger partial charge in [-0.2, -0.15) is 13.2 Å². The molecule has 4 N–H and O–H groups in total. The van der Waals surface area contributed by atoms with Gasteiger partial charge >= 0.3 is 12.2 Å². The van der Waals surface area contributed by atoms with Crippen LogP contribution in [0.2, 0.25) is 0 Å². The number of nitrogens with zero attached hydrogens (tertiary/aromatic N) is 3. The normalized spacial score (nSPS) is 11.5. The second kappa shape index (κ2) is 7.59. The van der Waals surface area contributed by atoms with E-state index in [1.807, 2.05) is 6.07 Å². The number of carbonyl (C=O) groups is 1. The second-order valence-electron chi connectivity index (χ2n) is 6.54. The number of pyridine rings is 1. The average Bonchev–Trinajstić information content (AvgIpc) is 3.10. The van der Waals surface area contributed by atoms with E-state index in [1.165, 1.54) is 0 Å². The van der Waals surface area contributed by atoms with E-state index in [1.54, 1.807) is 41.0 Å². The highest BCUT2D eigenvalue weighted by Gasteiger charge is 2.34. The molecule has 0 radical (unpaired) electrons. The summed E-state index contributed by atoms with van der Waals surface area (Å²) in [4.78, 5) is 12.1. The summed E-state index contributed by atoms with van der Waals surface area (Å²) in [6, 6.07) is 11.8. The molecular formula is C20H14F4N6O. The van der Waals surface area contributed by atoms with Crippen molar-refractivity contribution >= 4 is 28.7 Å². The van der Waals surface area contributed by atoms with E-state index in [0.29, 0.717) is 23.3 Å². The number of halogens is 4. The molecule has 0 saturated heterocycles. The molecule has 2 heterocycles. The molecule has 4 rings (SSSR count). The van der Waals surface area contributed by atoms with E-state index in [-0.39, 0.29) is 11.5 Å². The minimum atomic E-state index is -4.87. The van der Waals surface area contributed by atoms with Crippen LogP contribution in [-0.2, 0) is 6.18 Å². The number of benzene rings is 2. The van der Waals surface area contributed by atoms with Crippen molar-refractivity contribution in [1.82, 2.24) is 14.8 Å². The number of amides is 2. The van der Waals surface area contributed by atoms with Crippen molar-refractivity contribution in [2.45, 2.75) is 6.18 Å². The van der Waals surface area contributed by atoms with E-state index in [9.17, 15) is 22.4 Å². The third-order valence-corrected chi connectivity index (χ3v) is 4.45. The van der Waals surface area contributed by atoms with Gasteiger partial charge in [0.05, 0.1) is 5.56 Å². The Kier molecular flexibility index (Phi) is 4.93. The van der Waals surface area contributed by atoms with Crippen LogP contribution in [0.15, 0.2) is 60.8 Å². The van der Waals surface area contributed by atoms with Crippen LogP contribution in [0.5, 0.6) is 0 Å². The number of alkyl halides is 3. The van der Waals surface area contributed by atoms with Crippen LogP contribution in [0.4, 0.5) is 39.5 Å². The molecule has 4 aromatic rings. The lowest BCUT2D eigenvalue weighted by Crippen LogP contribution is -2.20. The van der Waals surface area contributed by atoms with Crippen molar-refractivity contribution < 1.29 is 22.4 Å². The Hall–Kier alpha value is -4.15. The third-order valence-electron chi connectivity index (χ3n) is 4.45. The smallest absolute Gasteiger partial charge is 0.380 e. The molecule has 0 aliphatic heterocycles. The summed E-state index contributed by atoms with van der Waals surface area (Å²) in [6.45, 7) is 0. The first-order valence-corrected chi connectivity index (χ1v) is 8.87. The largest absolute Gasteiger partial charge is 0.419 e. The predicted molar refractivity (Wildman–Crippen MR) is 107 cm³/mol. The topological polar surface area (TPSA) is 97.3 Å². The first-order chi connectivity index (χ1) is 14.7. The minimum absolute atomic E-state index is 0.196. The van der Waals surface area contributed by atoms with Crippen molar-refractivity contribution in [2.75, 3.05) is 16.4 Å². The fourth-order valence-electron chi connectivity index (χ4n) is 3.05. The number of nitrogens with one attached hydrogen (secondary N) is 2. The van der Waals surface area contributed by atoms with E-state index < -0.39 is 23.6 Å². The highest BCUT2D eigenvalue weighted by Crippen LogP contribution is 2.33. The molecular weight excluding hydrogens is 416 g/mol. The molecule has 7 nitrogen and oxygen atoms in total. The van der Waals surface area contributed by atoms with Gasteiger partial charge in [-0.1, -0.05) is 23.4 Å². The lowest BCUT2D eigenvalue weighted by atomic mass is 10.1. The van der Waals surface area contributed by atoms with Gasteiger partial charge in [-0.25, -0.2) is 13.7 Å². The molecule has 2 aromatic carbocycles. The van der Waals surface area contributed by atoms with Gasteiger partial charge in [0.1, 0.15) is 11.3 Å². The standard InChI is InChI=1S/C20H14F4N6O/c21-16-8-7-13(10-15(16)20(22,23)24)27-19(31)26-12-5-3-11(4-6-12)14-2-1-9-30-17(14)18(25)28-29-30/h1-10H,25H2,(H2,26,27,31). The molecule has 0 saturated carbocycles. The van der Waals surface area contributed by atoms with Crippen molar-refractivity contribution in [2.24, 2.45) is 0 Å². The van der Waals surface area contributed by atoms with Gasteiger partial charge in [0.25, 0.3) is 0 Å². The van der Waals surface area contributed by atoms with Gasteiger partial charge in [-0.3, -0.25) is 0 Å². The van der Waals surface area contributed by atoms with Crippen LogP contribution in [0.1, 0.15) is 5.56 Å². The zero-order valence-electron chi connectivity index (χ0n) is 15.6. The Bertz CT molecular complexity index is 1270. The van der Waals surface area contributed by atoms with Crippen molar-refractivity contribution in [3.05, 3.63) is 72.2 Å². The minimum Gasteiger partial charge on any atom is -0.380 e. The summed E-state index contributed by atoms with van der Waals surface area (Å²) in [5.74, 6) is -1.15. The Morgan fingerprint density at radius 1 is 1.00 bits per heavy atom. The van der Waals surface area contributed by atoms with Crippen molar-refractivity contribution in [3.8, 4) is 11.1 Å². The maximum atomic E-state index is 13.4. The monoisotopic (exact) mass is 430 g/mol. The summed E-state index contributed by atoms with van der Waals surface area (Å²) >= 11 is 0. The maximum Gasteiger partial charge on any atom is 0.419 e. The van der Waals surface area contributed by atoms with Gasteiger partial charge < -0.3 is 16.4 Å². The third kappa shape index (κ3) is 4.10. The molecule has 0 unspecified atom stereocenters. The zero-order valence-corrected chi connectivity index (χ0v) is 15.6. The maximum absolute atomic E-state index is 13.4. The van der Waals surface area contributed by atoms with Crippen LogP contribution < -0.4 is 16.4 Å². The van der Waals surface area contributed by atoms with Crippen LogP contribution >= 0.6 is 0 Å². The number of hydrogen-bond donors (Lipinski definition) is 3. The Morgan fingerprint density at radius 2 is 1.68 bits per heavy atom. The highest BCUT2D eigenvalue weighted by molar-refractivity contribution is 6.00. The van der Waals surface area contributed by atoms with Crippen molar-refractivity contribution in [1.29, 1.82) is 0 Å². The number of rotatable bonds is 3. The summed E-state index contributed by atoms with van der Waals surface area (Å²) in [7, 11) is 0. The molecule has 31 heavy (non-hydrogen) atoms. The number of anilines is 3. The van der Waals surface area contributed by atoms with Crippen LogP contribution in [0, 0.1) is 5.82 Å². The fourth-order valence-corrected chi connectivity index (χ4v) is 3.05. The summed E-state index contributed by atoms with van der Waals surface area (Å²) in [6.07, 6.45) is -3.16. The van der Waals surface area contributed by atoms with Crippen LogP contribution in [-0.4, -0.2) is 20.9 Å². The number of hydrogen-bond acceptors (Lipinski definition) is 4. The number of urea groups is 1. The van der Waals surface area contributed by atoms with Gasteiger partial charge in [-0.15, -0.1) is 5.10 Å². The first kappa shape index (κ1) is 20.1. The molecule has 0 bridgehead atoms. The number of fused-ring (bicyclic) bond motifs is 1. The Balaban J connectivity index is 1.49. The van der Waals surface area contributed by atoms with E-state index in [4.69, 9.17) is 5.73 Å². The number of carbonyl (C=O) groups excluding carboxylic acids is 1. The van der Waals surface area contributed by atoms with E-state index in [2.05, 4.69) is 20.9 Å². The van der Waals surface area contributed by atoms with Crippen molar-refractivity contribution in [3.63, 3.8) is 0 Å². The fraction of sp³-hybridized carbons (Fsp3) is 0.0500. The molecule has 0 aliphatic carbocycles. The van der Waals surface area contributed by atoms with E-state index in [0.717, 1.165) is 17.2 Å². The van der Waals surface area contributed by atoms with Gasteiger partial charge in [0, 0.05) is 23.1 Å². The van der Waals surface area contributed by atoms with Crippen LogP contribution in [0.3, 0.4) is 0 Å². The summed E-state index contributed by atoms with van der Waals surface area (Å²) in [5.41, 5.74) is 6.83. The molecule has 2 amide bonds. The predicted octanol–water partition coefficient (Wildman–Crippen LogP) is 4.78. The Labute approximate surface area is 172 Å². The first-order valence-electron chi connectivity index (χ1n) is 8.87. The molecule has 0 spiro atoms. The molecule has 0 aliphatic rings. The Morgan fingerprint density at radius 3 is 2.39 bits per heavy atom.